The zero-order valence-corrected chi connectivity index (χ0v) is 72.3. The Bertz CT molecular complexity index is 5790. The number of carbonyl (C=O) groups is 8. The molecule has 0 radical (unpaired) electrons. The van der Waals surface area contributed by atoms with E-state index in [0.29, 0.717) is 34.1 Å². The molecule has 2 aliphatic heterocycles. The number of fused-ring (bicyclic) bond motifs is 2. The number of anilines is 2. The molecule has 2 aromatic heterocycles. The smallest absolute Gasteiger partial charge is 0.354 e. The van der Waals surface area contributed by atoms with Crippen LogP contribution in [0.4, 0.5) is 11.6 Å². The molecule has 15 rings (SSSR count). The molecule has 6 amide bonds. The summed E-state index contributed by atoms with van der Waals surface area (Å²) in [6, 6.07) is 56.6. The molecule has 0 aliphatic carbocycles. The summed E-state index contributed by atoms with van der Waals surface area (Å²) in [5.74, 6) is -5.74. The summed E-state index contributed by atoms with van der Waals surface area (Å²) >= 11 is 12.0. The van der Waals surface area contributed by atoms with Crippen LogP contribution in [0.1, 0.15) is 182 Å². The predicted molar refractivity (Wildman–Crippen MR) is 483 cm³/mol. The molecular formula is C102H92Cl2N6O14. The van der Waals surface area contributed by atoms with E-state index in [2.05, 4.69) is 78.5 Å². The molecule has 4 heterocycles. The van der Waals surface area contributed by atoms with E-state index in [9.17, 15) is 9.59 Å². The first-order chi connectivity index (χ1) is 59.4. The number of halogens is 2. The quantitative estimate of drug-likeness (QED) is 0.0134. The van der Waals surface area contributed by atoms with Gasteiger partial charge in [0.25, 0.3) is 35.4 Å². The molecule has 0 saturated carbocycles. The van der Waals surface area contributed by atoms with Gasteiger partial charge in [-0.15, -0.1) is 0 Å². The topological polar surface area (TPSA) is 231 Å². The number of nitrogens with zero attached hydrogens (tertiary/aromatic N) is 6. The third-order valence-electron chi connectivity index (χ3n) is 22.3. The van der Waals surface area contributed by atoms with Crippen molar-refractivity contribution in [1.29, 1.82) is 0 Å². The van der Waals surface area contributed by atoms with E-state index in [1.165, 1.54) is 46.5 Å². The lowest BCUT2D eigenvalue weighted by molar-refractivity contribution is -0.130. The van der Waals surface area contributed by atoms with Gasteiger partial charge >= 0.3 is 11.9 Å². The summed E-state index contributed by atoms with van der Waals surface area (Å²) in [4.78, 5) is 142. The number of amides is 6. The van der Waals surface area contributed by atoms with E-state index in [1.807, 2.05) is 137 Å². The van der Waals surface area contributed by atoms with Crippen LogP contribution in [-0.2, 0) is 32.0 Å². The van der Waals surface area contributed by atoms with Gasteiger partial charge in [-0.1, -0.05) is 229 Å². The fourth-order valence-electron chi connectivity index (χ4n) is 16.1. The van der Waals surface area contributed by atoms with Gasteiger partial charge in [0, 0.05) is 93.5 Å². The highest BCUT2D eigenvalue weighted by Crippen LogP contribution is 2.59. The summed E-state index contributed by atoms with van der Waals surface area (Å²) in [6.45, 7) is 31.2. The number of esters is 2. The lowest BCUT2D eigenvalue weighted by Crippen LogP contribution is -2.56. The molecule has 124 heavy (non-hydrogen) atoms. The number of carbonyl (C=O) groups excluding carboxylic acids is 8. The second kappa shape index (κ2) is 35.5. The van der Waals surface area contributed by atoms with Crippen LogP contribution in [0, 0.1) is 11.8 Å². The van der Waals surface area contributed by atoms with Gasteiger partial charge in [-0.3, -0.25) is 48.4 Å². The third kappa shape index (κ3) is 17.1. The van der Waals surface area contributed by atoms with Crippen LogP contribution in [0.25, 0.3) is 43.1 Å². The van der Waals surface area contributed by atoms with Gasteiger partial charge in [0.05, 0.1) is 22.3 Å². The van der Waals surface area contributed by atoms with Crippen LogP contribution >= 0.6 is 23.2 Å². The zero-order chi connectivity index (χ0) is 88.0. The number of hydrogen-bond donors (Lipinski definition) is 0. The molecule has 0 fully saturated rings. The Morgan fingerprint density at radius 2 is 0.613 bits per heavy atom. The molecule has 2 aliphatic rings. The molecule has 0 spiro atoms. The van der Waals surface area contributed by atoms with E-state index in [0.717, 1.165) is 32.1 Å². The molecule has 22 heteroatoms. The monoisotopic (exact) mass is 1690 g/mol. The maximum atomic E-state index is 17.2. The third-order valence-corrected chi connectivity index (χ3v) is 22.6. The van der Waals surface area contributed by atoms with Crippen molar-refractivity contribution in [3.8, 4) is 57.5 Å². The van der Waals surface area contributed by atoms with Crippen LogP contribution in [0.3, 0.4) is 0 Å². The van der Waals surface area contributed by atoms with E-state index in [1.54, 1.807) is 72.8 Å². The Labute approximate surface area is 728 Å². The Balaban J connectivity index is 1.07. The van der Waals surface area contributed by atoms with Crippen molar-refractivity contribution in [3.05, 3.63) is 298 Å². The molecule has 0 N–H and O–H groups in total. The summed E-state index contributed by atoms with van der Waals surface area (Å²) in [6.07, 6.45) is 2.30. The van der Waals surface area contributed by atoms with Crippen LogP contribution in [0.15, 0.2) is 242 Å². The Morgan fingerprint density at radius 1 is 0.347 bits per heavy atom. The number of aromatic nitrogens is 2. The molecule has 20 nitrogen and oxygen atoms in total. The largest absolute Gasteiger partial charge is 0.457 e. The van der Waals surface area contributed by atoms with Gasteiger partial charge in [-0.25, -0.2) is 19.6 Å². The molecule has 628 valence electrons. The van der Waals surface area contributed by atoms with Crippen LogP contribution < -0.4 is 38.2 Å². The number of benzene rings is 11. The zero-order valence-electron chi connectivity index (χ0n) is 70.8. The van der Waals surface area contributed by atoms with Crippen LogP contribution in [-0.4, -0.2) is 92.3 Å². The molecule has 2 atom stereocenters. The summed E-state index contributed by atoms with van der Waals surface area (Å²) in [5.41, 5.74) is 4.79. The highest BCUT2D eigenvalue weighted by atomic mass is 35.5. The molecular weight excluding hydrogens is 1600 g/mol. The van der Waals surface area contributed by atoms with Gasteiger partial charge in [0.15, 0.2) is 0 Å². The standard InChI is InChI=1S/C102H92Cl2N6O14/c1-55(2)53-107(85-47-73(41-43-105-85)123-101(117)61(13)103)99(115)79(45-63-21-17-15-18-22-63)109-95(111)75-49-81(119-69-33-25-65(26-34-69)57(5)6)89-91-83(121-71-37-29-67(30-38-71)59(9)10)51-77-88-78(98(114)110(97(77)113)80(46-64-23-19-16-20-24-64)100(116)108(54-56(3)4)86-48-74(42-44-106-86)124-102(118)62(14)104)52-84(122-72-39-31-68(32-40-72)60(11)12)92(94(88)91)90-82(50-76(96(109)112)87(75)93(89)90)120-70-35-27-66(28-36-70)58(7)8/h15-44,47-52,55-60,79-80H,13-14,45-46,53-54H2,1-12H3. The fourth-order valence-corrected chi connectivity index (χ4v) is 16.2. The van der Waals surface area contributed by atoms with E-state index >= 15 is 28.8 Å². The average molecular weight is 1700 g/mol. The number of ether oxygens (including phenoxy) is 6. The van der Waals surface area contributed by atoms with E-state index in [-0.39, 0.29) is 173 Å². The first kappa shape index (κ1) is 85.4. The second-order valence-corrected chi connectivity index (χ2v) is 34.3. The maximum Gasteiger partial charge on any atom is 0.354 e. The summed E-state index contributed by atoms with van der Waals surface area (Å²) < 4.78 is 41.0. The second-order valence-electron chi connectivity index (χ2n) is 33.3. The normalized spacial score (nSPS) is 13.2. The first-order valence-corrected chi connectivity index (χ1v) is 42.1. The van der Waals surface area contributed by atoms with E-state index in [4.69, 9.17) is 51.6 Å². The highest BCUT2D eigenvalue weighted by molar-refractivity contribution is 6.45. The Hall–Kier alpha value is -13.6. The van der Waals surface area contributed by atoms with Crippen molar-refractivity contribution in [3.63, 3.8) is 0 Å². The Kier molecular flexibility index (Phi) is 24.4. The van der Waals surface area contributed by atoms with Crippen molar-refractivity contribution < 1.29 is 66.8 Å². The molecule has 11 aromatic carbocycles. The lowest BCUT2D eigenvalue weighted by Gasteiger charge is -2.38. The predicted octanol–water partition coefficient (Wildman–Crippen LogP) is 23.3. The number of pyridine rings is 2. The number of imide groups is 2. The van der Waals surface area contributed by atoms with Crippen LogP contribution in [0.2, 0.25) is 0 Å². The minimum absolute atomic E-state index is 0.000227. The van der Waals surface area contributed by atoms with Gasteiger partial charge in [-0.2, -0.15) is 0 Å². The van der Waals surface area contributed by atoms with Gasteiger partial charge in [0.2, 0.25) is 0 Å². The minimum Gasteiger partial charge on any atom is -0.457 e. The fraction of sp³-hybridized carbons (Fsp3) is 0.235. The van der Waals surface area contributed by atoms with Gasteiger partial charge < -0.3 is 28.4 Å². The van der Waals surface area contributed by atoms with Crippen molar-refractivity contribution in [2.75, 3.05) is 22.9 Å². The van der Waals surface area contributed by atoms with Crippen molar-refractivity contribution in [1.82, 2.24) is 19.8 Å². The van der Waals surface area contributed by atoms with Crippen LogP contribution in [0.5, 0.6) is 57.5 Å². The lowest BCUT2D eigenvalue weighted by atomic mass is 9.80. The number of hydrogen-bond acceptors (Lipinski definition) is 16. The average Bonchev–Trinajstić information content (AvgIpc) is 0.669. The number of rotatable bonds is 30. The maximum absolute atomic E-state index is 17.2. The van der Waals surface area contributed by atoms with Crippen molar-refractivity contribution in [2.24, 2.45) is 11.8 Å². The Morgan fingerprint density at radius 3 is 0.855 bits per heavy atom. The molecule has 0 saturated heterocycles. The molecule has 0 bridgehead atoms. The first-order valence-electron chi connectivity index (χ1n) is 41.4. The minimum atomic E-state index is -1.64. The SMILES string of the molecule is C=C(Cl)C(=O)Oc1ccnc(N(CC(C)C)C(=O)C(Cc2ccccc2)N2C(=O)c3cc(Oc4ccc(C(C)C)cc4)c4c5c(Oc6ccc(C(C)C)cc6)cc6c7c(cc(Oc8ccc(C(C)C)cc8)c(c8c(Oc9ccc(C(C)C)cc9)cc(c3c48)C2=O)c75)C(=O)N(C(Cc2ccccc2)C(=O)N(CC(C)C)c2cc(OC(=O)C(=C)Cl)ccn2)C6=O)c1. The van der Waals surface area contributed by atoms with Crippen molar-refractivity contribution >= 4 is 125 Å². The summed E-state index contributed by atoms with van der Waals surface area (Å²) in [7, 11) is 0. The van der Waals surface area contributed by atoms with Gasteiger partial charge in [0.1, 0.15) is 91.3 Å². The molecule has 2 unspecified atom stereocenters. The van der Waals surface area contributed by atoms with Gasteiger partial charge in [-0.05, 0) is 154 Å². The summed E-state index contributed by atoms with van der Waals surface area (Å²) in [5, 5.41) is 0.737. The molecule has 13 aromatic rings. The van der Waals surface area contributed by atoms with Crippen molar-refractivity contribution in [2.45, 2.75) is 132 Å². The van der Waals surface area contributed by atoms with E-state index < -0.39 is 69.5 Å². The highest BCUT2D eigenvalue weighted by Gasteiger charge is 2.48.